The van der Waals surface area contributed by atoms with E-state index in [0.717, 1.165) is 6.42 Å². The van der Waals surface area contributed by atoms with Crippen LogP contribution >= 0.6 is 0 Å². The number of aromatic nitrogens is 1. The summed E-state index contributed by atoms with van der Waals surface area (Å²) in [6, 6.07) is 4.08. The predicted molar refractivity (Wildman–Crippen MR) is 43.2 cm³/mol. The molecule has 1 aromatic heterocycles. The summed E-state index contributed by atoms with van der Waals surface area (Å²) in [5.74, 6) is 0. The zero-order valence-electron chi connectivity index (χ0n) is 6.51. The Morgan fingerprint density at radius 1 is 1.55 bits per heavy atom. The predicted octanol–water partition coefficient (Wildman–Crippen LogP) is 1.33. The Bertz CT molecular complexity index is 224. The van der Waals surface area contributed by atoms with E-state index in [0.29, 0.717) is 6.61 Å². The lowest BCUT2D eigenvalue weighted by atomic mass is 10.0. The van der Waals surface area contributed by atoms with Gasteiger partial charge in [0, 0.05) is 18.5 Å². The number of hydrogen-bond acceptors (Lipinski definition) is 1. The van der Waals surface area contributed by atoms with Gasteiger partial charge in [0.2, 0.25) is 0 Å². The van der Waals surface area contributed by atoms with Crippen molar-refractivity contribution in [2.75, 3.05) is 6.61 Å². The van der Waals surface area contributed by atoms with E-state index in [-0.39, 0.29) is 5.41 Å². The van der Waals surface area contributed by atoms with Crippen LogP contribution in [0.25, 0.3) is 0 Å². The molecule has 0 unspecified atom stereocenters. The smallest absolute Gasteiger partial charge is 0.0491 e. The van der Waals surface area contributed by atoms with Crippen LogP contribution in [0.2, 0.25) is 0 Å². The van der Waals surface area contributed by atoms with E-state index >= 15 is 0 Å². The second kappa shape index (κ2) is 2.38. The normalized spacial score (nSPS) is 20.1. The molecule has 0 aromatic carbocycles. The molecule has 1 aliphatic rings. The first-order chi connectivity index (χ1) is 5.35. The molecule has 0 bridgehead atoms. The largest absolute Gasteiger partial charge is 0.396 e. The molecule has 0 saturated heterocycles. The van der Waals surface area contributed by atoms with Crippen molar-refractivity contribution < 1.29 is 5.11 Å². The van der Waals surface area contributed by atoms with E-state index in [4.69, 9.17) is 5.11 Å². The maximum absolute atomic E-state index is 9.04. The highest BCUT2D eigenvalue weighted by atomic mass is 16.3. The van der Waals surface area contributed by atoms with Crippen LogP contribution in [-0.4, -0.2) is 16.7 Å². The Morgan fingerprint density at radius 3 is 2.82 bits per heavy atom. The average molecular weight is 151 g/mol. The highest BCUT2D eigenvalue weighted by Crippen LogP contribution is 2.47. The minimum absolute atomic E-state index is 0.241. The van der Waals surface area contributed by atoms with Gasteiger partial charge in [0.25, 0.3) is 0 Å². The fourth-order valence-electron chi connectivity index (χ4n) is 1.45. The number of aliphatic hydroxyl groups excluding tert-OH is 1. The zero-order chi connectivity index (χ0) is 7.73. The molecule has 60 valence electrons. The summed E-state index contributed by atoms with van der Waals surface area (Å²) in [5, 5.41) is 9.04. The van der Waals surface area contributed by atoms with Gasteiger partial charge in [0.15, 0.2) is 0 Å². The summed E-state index contributed by atoms with van der Waals surface area (Å²) in [5.41, 5.74) is 1.49. The van der Waals surface area contributed by atoms with E-state index in [9.17, 15) is 0 Å². The molecule has 1 saturated carbocycles. The fraction of sp³-hybridized carbons (Fsp3) is 0.556. The Balaban J connectivity index is 2.01. The lowest BCUT2D eigenvalue weighted by Gasteiger charge is -2.08. The van der Waals surface area contributed by atoms with E-state index in [1.165, 1.54) is 18.5 Å². The molecule has 0 atom stereocenters. The molecule has 0 amide bonds. The highest BCUT2D eigenvalue weighted by Gasteiger charge is 2.41. The lowest BCUT2D eigenvalue weighted by Crippen LogP contribution is -2.09. The van der Waals surface area contributed by atoms with Crippen LogP contribution in [0.15, 0.2) is 18.3 Å². The highest BCUT2D eigenvalue weighted by molar-refractivity contribution is 5.10. The molecule has 1 fully saturated rings. The summed E-state index contributed by atoms with van der Waals surface area (Å²) in [7, 11) is 0. The summed E-state index contributed by atoms with van der Waals surface area (Å²) in [6.07, 6.45) is 5.31. The van der Waals surface area contributed by atoms with Crippen LogP contribution < -0.4 is 0 Å². The summed E-state index contributed by atoms with van der Waals surface area (Å²) in [4.78, 5) is 3.16. The number of aromatic amines is 1. The lowest BCUT2D eigenvalue weighted by molar-refractivity contribution is 0.210. The van der Waals surface area contributed by atoms with Gasteiger partial charge in [0.05, 0.1) is 0 Å². The van der Waals surface area contributed by atoms with Gasteiger partial charge in [0.1, 0.15) is 0 Å². The van der Waals surface area contributed by atoms with Crippen molar-refractivity contribution in [2.45, 2.75) is 19.3 Å². The number of nitrogens with one attached hydrogen (secondary N) is 1. The Morgan fingerprint density at radius 2 is 2.36 bits per heavy atom. The number of aliphatic hydroxyl groups is 1. The first kappa shape index (κ1) is 6.92. The number of hydrogen-bond donors (Lipinski definition) is 2. The van der Waals surface area contributed by atoms with Crippen molar-refractivity contribution in [1.29, 1.82) is 0 Å². The summed E-state index contributed by atoms with van der Waals surface area (Å²) >= 11 is 0. The minimum atomic E-state index is 0.241. The number of H-pyrrole nitrogens is 1. The third-order valence-corrected chi connectivity index (χ3v) is 2.52. The summed E-state index contributed by atoms with van der Waals surface area (Å²) < 4.78 is 0. The molecular formula is C9H13NO. The van der Waals surface area contributed by atoms with Gasteiger partial charge in [-0.05, 0) is 36.8 Å². The Labute approximate surface area is 66.3 Å². The SMILES string of the molecule is OCC1(Cc2ccc[nH]2)CC1. The molecular weight excluding hydrogens is 138 g/mol. The first-order valence-electron chi connectivity index (χ1n) is 4.08. The molecule has 2 nitrogen and oxygen atoms in total. The molecule has 0 spiro atoms. The third kappa shape index (κ3) is 1.31. The van der Waals surface area contributed by atoms with Crippen molar-refractivity contribution in [3.05, 3.63) is 24.0 Å². The molecule has 2 rings (SSSR count). The molecule has 1 aromatic rings. The van der Waals surface area contributed by atoms with Gasteiger partial charge in [-0.1, -0.05) is 0 Å². The molecule has 11 heavy (non-hydrogen) atoms. The molecule has 0 radical (unpaired) electrons. The first-order valence-corrected chi connectivity index (χ1v) is 4.08. The molecule has 1 aliphatic carbocycles. The van der Waals surface area contributed by atoms with Crippen molar-refractivity contribution >= 4 is 0 Å². The van der Waals surface area contributed by atoms with Gasteiger partial charge >= 0.3 is 0 Å². The van der Waals surface area contributed by atoms with Crippen molar-refractivity contribution in [1.82, 2.24) is 4.98 Å². The van der Waals surface area contributed by atoms with Crippen molar-refractivity contribution in [3.8, 4) is 0 Å². The Kier molecular flexibility index (Phi) is 1.50. The minimum Gasteiger partial charge on any atom is -0.396 e. The monoisotopic (exact) mass is 151 g/mol. The second-order valence-electron chi connectivity index (χ2n) is 3.53. The van der Waals surface area contributed by atoms with Crippen LogP contribution in [0.4, 0.5) is 0 Å². The van der Waals surface area contributed by atoms with E-state index in [1.54, 1.807) is 0 Å². The van der Waals surface area contributed by atoms with Crippen molar-refractivity contribution in [2.24, 2.45) is 5.41 Å². The maximum Gasteiger partial charge on any atom is 0.0491 e. The van der Waals surface area contributed by atoms with Crippen LogP contribution in [0.1, 0.15) is 18.5 Å². The standard InChI is InChI=1S/C9H13NO/c11-7-9(3-4-9)6-8-2-1-5-10-8/h1-2,5,10-11H,3-4,6-7H2. The second-order valence-corrected chi connectivity index (χ2v) is 3.53. The maximum atomic E-state index is 9.04. The van der Waals surface area contributed by atoms with Gasteiger partial charge in [-0.15, -0.1) is 0 Å². The summed E-state index contributed by atoms with van der Waals surface area (Å²) in [6.45, 7) is 0.339. The van der Waals surface area contributed by atoms with Gasteiger partial charge in [-0.25, -0.2) is 0 Å². The van der Waals surface area contributed by atoms with Crippen LogP contribution in [-0.2, 0) is 6.42 Å². The van der Waals surface area contributed by atoms with Crippen LogP contribution in [0.5, 0.6) is 0 Å². The van der Waals surface area contributed by atoms with Gasteiger partial charge in [-0.2, -0.15) is 0 Å². The van der Waals surface area contributed by atoms with E-state index in [2.05, 4.69) is 11.1 Å². The van der Waals surface area contributed by atoms with Crippen LogP contribution in [0.3, 0.4) is 0 Å². The van der Waals surface area contributed by atoms with E-state index in [1.807, 2.05) is 12.3 Å². The van der Waals surface area contributed by atoms with Crippen LogP contribution in [0, 0.1) is 5.41 Å². The molecule has 1 heterocycles. The fourth-order valence-corrected chi connectivity index (χ4v) is 1.45. The molecule has 2 N–H and O–H groups in total. The third-order valence-electron chi connectivity index (χ3n) is 2.52. The van der Waals surface area contributed by atoms with Crippen molar-refractivity contribution in [3.63, 3.8) is 0 Å². The van der Waals surface area contributed by atoms with E-state index < -0.39 is 0 Å². The Hall–Kier alpha value is -0.760. The average Bonchev–Trinajstić information content (AvgIpc) is 2.59. The molecule has 0 aliphatic heterocycles. The van der Waals surface area contributed by atoms with Gasteiger partial charge in [-0.3, -0.25) is 0 Å². The quantitative estimate of drug-likeness (QED) is 0.671. The zero-order valence-corrected chi connectivity index (χ0v) is 6.51. The topological polar surface area (TPSA) is 36.0 Å². The van der Waals surface area contributed by atoms with Gasteiger partial charge < -0.3 is 10.1 Å². The molecule has 2 heteroatoms. The number of rotatable bonds is 3.